The van der Waals surface area contributed by atoms with Gasteiger partial charge in [0.25, 0.3) is 57.1 Å². The van der Waals surface area contributed by atoms with Crippen LogP contribution in [0.4, 0.5) is 74.3 Å². The molecule has 5 heterocycles. The summed E-state index contributed by atoms with van der Waals surface area (Å²) in [5, 5.41) is 72.9. The second kappa shape index (κ2) is 36.9. The van der Waals surface area contributed by atoms with Crippen LogP contribution in [0.15, 0.2) is 172 Å². The number of aryl methyl sites for hydroxylation is 5. The summed E-state index contributed by atoms with van der Waals surface area (Å²) in [6.07, 6.45) is 0.785. The number of ether oxygens (including phenoxy) is 1. The molecule has 49 heteroatoms. The summed E-state index contributed by atoms with van der Waals surface area (Å²) in [5.74, 6) is -2.29. The van der Waals surface area contributed by atoms with E-state index < -0.39 is 94.1 Å². The van der Waals surface area contributed by atoms with E-state index in [0.717, 1.165) is 34.8 Å². The molecule has 0 radical (unpaired) electrons. The fourth-order valence-electron chi connectivity index (χ4n) is 13.3. The van der Waals surface area contributed by atoms with Gasteiger partial charge in [-0.25, -0.2) is 19.7 Å². The number of aromatic carboxylic acids is 1. The molecule has 126 heavy (non-hydrogen) atoms. The van der Waals surface area contributed by atoms with Crippen LogP contribution in [0.3, 0.4) is 0 Å². The zero-order valence-corrected chi connectivity index (χ0v) is 73.7. The van der Waals surface area contributed by atoms with Crippen LogP contribution in [-0.4, -0.2) is 145 Å². The number of aromatic nitrogens is 8. The van der Waals surface area contributed by atoms with Gasteiger partial charge in [0.1, 0.15) is 44.3 Å². The van der Waals surface area contributed by atoms with Crippen LogP contribution in [0.1, 0.15) is 109 Å². The van der Waals surface area contributed by atoms with E-state index in [9.17, 15) is 95.0 Å². The molecule has 5 aromatic heterocycles. The number of phenolic OH excluding ortho intramolecular Hbond substituents is 1. The van der Waals surface area contributed by atoms with Gasteiger partial charge >= 0.3 is 22.6 Å². The van der Waals surface area contributed by atoms with Gasteiger partial charge in [-0.2, -0.15) is 72.1 Å². The van der Waals surface area contributed by atoms with Crippen LogP contribution in [0.25, 0.3) is 36.3 Å². The molecule has 8 aromatic carbocycles. The van der Waals surface area contributed by atoms with Crippen molar-refractivity contribution in [2.24, 2.45) is 20.5 Å². The molecule has 0 saturated heterocycles. The first-order valence-corrected chi connectivity index (χ1v) is 46.5. The zero-order chi connectivity index (χ0) is 92.4. The molecule has 656 valence electrons. The van der Waals surface area contributed by atoms with Crippen molar-refractivity contribution in [3.8, 4) is 28.7 Å². The van der Waals surface area contributed by atoms with E-state index in [2.05, 4.69) is 57.3 Å². The number of hydrogen-bond donors (Lipinski definition) is 11. The summed E-state index contributed by atoms with van der Waals surface area (Å²) in [5.41, 5.74) is 2.99. The van der Waals surface area contributed by atoms with Gasteiger partial charge in [0.2, 0.25) is 17.0 Å². The van der Waals surface area contributed by atoms with E-state index in [1.54, 1.807) is 82.0 Å². The van der Waals surface area contributed by atoms with E-state index in [1.165, 1.54) is 77.5 Å². The van der Waals surface area contributed by atoms with E-state index in [1.807, 2.05) is 34.6 Å². The Morgan fingerprint density at radius 1 is 0.595 bits per heavy atom. The van der Waals surface area contributed by atoms with Crippen LogP contribution in [0.2, 0.25) is 0 Å². The molecule has 0 spiro atoms. The number of phenols is 1. The number of thiazole rings is 2. The van der Waals surface area contributed by atoms with Crippen LogP contribution in [0, 0.1) is 32.1 Å². The van der Waals surface area contributed by atoms with Crippen molar-refractivity contribution in [1.82, 2.24) is 39.7 Å². The molecule has 0 aliphatic heterocycles. The largest absolute Gasteiger partial charge is 0.505 e. The first-order chi connectivity index (χ1) is 59.1. The van der Waals surface area contributed by atoms with Crippen LogP contribution in [-0.2, 0) is 97.1 Å². The maximum absolute atomic E-state index is 13.3. The number of carbonyl (C=O) groups excluding carboxylic acids is 1. The lowest BCUT2D eigenvalue weighted by atomic mass is 9.90. The highest BCUT2D eigenvalue weighted by Gasteiger charge is 2.35. The first kappa shape index (κ1) is 93.5. The minimum absolute atomic E-state index is 0.00566. The third-order valence-electron chi connectivity index (χ3n) is 18.6. The molecular formula is C77H71N17O24S8. The summed E-state index contributed by atoms with van der Waals surface area (Å²) < 4.78 is 209. The number of carbonyl (C=O) groups is 2. The lowest BCUT2D eigenvalue weighted by Gasteiger charge is -2.29. The Balaban J connectivity index is 0.000000270. The molecule has 13 aromatic rings. The molecule has 0 aliphatic carbocycles. The van der Waals surface area contributed by atoms with Gasteiger partial charge in [-0.3, -0.25) is 32.5 Å². The van der Waals surface area contributed by atoms with Crippen molar-refractivity contribution in [1.29, 1.82) is 5.26 Å². The molecule has 11 N–H and O–H groups in total. The molecule has 0 aliphatic rings. The van der Waals surface area contributed by atoms with Gasteiger partial charge in [0.15, 0.2) is 28.3 Å². The number of azo groups is 2. The third kappa shape index (κ3) is 20.6. The number of rotatable bonds is 26. The Labute approximate surface area is 726 Å². The number of aromatic hydroxyl groups is 2. The number of para-hydroxylation sites is 2. The summed E-state index contributed by atoms with van der Waals surface area (Å²) >= 11 is 1.98. The number of benzene rings is 8. The molecule has 0 atom stereocenters. The molecule has 41 nitrogen and oxygen atoms in total. The smallest absolute Gasteiger partial charge is 0.425 e. The Kier molecular flexibility index (Phi) is 27.4. The number of carboxylic acids is 1. The molecular weight excluding hydrogens is 1800 g/mol. The quantitative estimate of drug-likeness (QED) is 0.0136. The molecule has 0 unspecified atom stereocenters. The van der Waals surface area contributed by atoms with E-state index in [0.29, 0.717) is 50.1 Å². The van der Waals surface area contributed by atoms with Crippen molar-refractivity contribution >= 4 is 202 Å². The van der Waals surface area contributed by atoms with Crippen molar-refractivity contribution in [3.05, 3.63) is 183 Å². The maximum Gasteiger partial charge on any atom is 0.425 e. The minimum atomic E-state index is -4.89. The number of fused-ring (bicyclic) bond motifs is 3. The summed E-state index contributed by atoms with van der Waals surface area (Å²) in [7, 11) is -26.8. The van der Waals surface area contributed by atoms with E-state index >= 15 is 0 Å². The number of pyridine rings is 1. The van der Waals surface area contributed by atoms with Crippen molar-refractivity contribution < 1.29 is 107 Å². The van der Waals surface area contributed by atoms with Crippen molar-refractivity contribution in [2.45, 2.75) is 125 Å². The zero-order valence-electron chi connectivity index (χ0n) is 67.2. The average molecular weight is 1880 g/mol. The Morgan fingerprint density at radius 3 is 1.71 bits per heavy atom. The highest BCUT2D eigenvalue weighted by molar-refractivity contribution is 7.87. The molecule has 0 bridgehead atoms. The summed E-state index contributed by atoms with van der Waals surface area (Å²) in [6, 6.07) is 30.8. The van der Waals surface area contributed by atoms with Gasteiger partial charge < -0.3 is 36.0 Å². The number of hydrogen-bond acceptors (Lipinski definition) is 36. The number of anilines is 9. The van der Waals surface area contributed by atoms with Crippen LogP contribution in [0.5, 0.6) is 17.5 Å². The Morgan fingerprint density at radius 2 is 1.15 bits per heavy atom. The highest BCUT2D eigenvalue weighted by Crippen LogP contribution is 2.50. The Bertz CT molecular complexity index is 7480. The normalized spacial score (nSPS) is 12.1. The van der Waals surface area contributed by atoms with Gasteiger partial charge in [-0.15, -0.1) is 33.1 Å². The fourth-order valence-corrected chi connectivity index (χ4v) is 19.1. The third-order valence-corrected chi connectivity index (χ3v) is 25.3. The average Bonchev–Trinajstić information content (AvgIpc) is 1.36. The van der Waals surface area contributed by atoms with Gasteiger partial charge in [0, 0.05) is 16.5 Å². The molecule has 0 fully saturated rings. The van der Waals surface area contributed by atoms with Gasteiger partial charge in [0.05, 0.1) is 63.4 Å². The summed E-state index contributed by atoms with van der Waals surface area (Å²) in [6.45, 7) is 17.6. The van der Waals surface area contributed by atoms with Gasteiger partial charge in [-0.05, 0) is 176 Å². The monoisotopic (exact) mass is 1870 g/mol. The minimum Gasteiger partial charge on any atom is -0.505 e. The number of nitrogens with zero attached hydrogens (tertiary/aromatic N) is 14. The lowest BCUT2D eigenvalue weighted by molar-refractivity contribution is -0.120. The first-order valence-electron chi connectivity index (χ1n) is 36.6. The summed E-state index contributed by atoms with van der Waals surface area (Å²) in [4.78, 5) is 48.3. The molecule has 0 amide bonds. The van der Waals surface area contributed by atoms with E-state index in [4.69, 9.17) is 37.5 Å². The molecule has 13 rings (SSSR count). The van der Waals surface area contributed by atoms with Crippen molar-refractivity contribution in [3.63, 3.8) is 0 Å². The number of nitriles is 1. The molecule has 0 saturated carbocycles. The SMILES string of the molecule is CCc1cc(C)c(S(=O)(=O)O)c(CC)c1Nc1nc(N(c2nc3ccc(S(=O)(=O)O)cc3s2)c2c(CC)cc(C)c(S(=O)(=O)O)c2CC)cc(C)c1N=Nc1c(C#N)c(C(C)(C)C)nn1-c1nc2ccc(S(=O)(=O)O)cc2s1.O=COc1ccccc1Nc1nc(O)nc(Nc2cc(S(=O)(=O)O)cc3ccc(N=Nc4ccccc4C(=O)O)c(O)c23)n1.O=S(=O)=O. The van der Waals surface area contributed by atoms with E-state index in [-0.39, 0.29) is 169 Å². The van der Waals surface area contributed by atoms with Crippen LogP contribution >= 0.6 is 22.7 Å². The second-order valence-corrected chi connectivity index (χ2v) is 37.4. The van der Waals surface area contributed by atoms with Crippen LogP contribution < -0.4 is 25.6 Å². The second-order valence-electron chi connectivity index (χ2n) is 28.0. The number of carboxylic acid groups (broad SMARTS) is 1. The standard InChI is InChI=1S/C50H52N10O12S6.C27H19N7O9S.O3S/c1-11-28-19-26(6)43(77(67,68)69)32(13-3)41(28)55-46-40(56-57-47-34(24-51)45(50(8,9)10)58-60(47)49-53-36-18-16-31(76(64,65)66)23-38(36)74-49)25(5)21-39(54-46)59(48-52-35-17-15-30(75(61,62)63)22-37(35)73-48)42-29(12-2)20-27(7)44(33(42)14-4)78(70,71)72;35-13-43-21-8-4-3-7-18(21)28-25-30-26(32-27(39)31-25)29-20-12-15(44(40,41)42)11-14-9-10-19(23(36)22(14)20)34-33-17-6-2-1-5-16(17)24(37)38;1-4(2)3/h15-23H,11-14H2,1-10H3,(H,54,55)(H,61,62,63)(H,64,65,66)(H,67,68,69)(H,70,71,72);1-13,36H,(H,37,38)(H,40,41,42)(H3,28,29,30,31,32,39);. The highest BCUT2D eigenvalue weighted by atomic mass is 32.2. The number of nitrogens with one attached hydrogen (secondary N) is 3. The predicted molar refractivity (Wildman–Crippen MR) is 461 cm³/mol. The van der Waals surface area contributed by atoms with Crippen molar-refractivity contribution in [2.75, 3.05) is 20.9 Å². The maximum atomic E-state index is 13.3. The Hall–Kier alpha value is -13.2. The van der Waals surface area contributed by atoms with Gasteiger partial charge in [-0.1, -0.05) is 114 Å². The topological polar surface area (TPSA) is 635 Å². The fraction of sp³-hybridized carbons (Fsp3) is 0.195. The predicted octanol–water partition coefficient (Wildman–Crippen LogP) is 15.3. The lowest BCUT2D eigenvalue weighted by Crippen LogP contribution is -2.19.